The van der Waals surface area contributed by atoms with Crippen LogP contribution in [0.4, 0.5) is 5.69 Å². The molecular weight excluding hydrogens is 362 g/mol. The van der Waals surface area contributed by atoms with Gasteiger partial charge in [-0.15, -0.1) is 0 Å². The molecule has 0 atom stereocenters. The van der Waals surface area contributed by atoms with Crippen molar-refractivity contribution in [3.63, 3.8) is 0 Å². The van der Waals surface area contributed by atoms with Crippen molar-refractivity contribution >= 4 is 11.6 Å². The van der Waals surface area contributed by atoms with Crippen LogP contribution in [0.15, 0.2) is 55.1 Å². The minimum absolute atomic E-state index is 0.217. The molecule has 3 rings (SSSR count). The Balaban J connectivity index is 1.79. The molecule has 144 valence electrons. The molecule has 0 bridgehead atoms. The van der Waals surface area contributed by atoms with Gasteiger partial charge in [-0.1, -0.05) is 12.1 Å². The summed E-state index contributed by atoms with van der Waals surface area (Å²) < 4.78 is 6.69. The molecule has 1 amide bonds. The number of aromatic nitrogens is 3. The summed E-state index contributed by atoms with van der Waals surface area (Å²) in [6.07, 6.45) is 2.65. The molecule has 0 unspecified atom stereocenters. The van der Waals surface area contributed by atoms with E-state index in [0.29, 0.717) is 13.2 Å². The fourth-order valence-corrected chi connectivity index (χ4v) is 2.75. The molecule has 0 saturated carbocycles. The van der Waals surface area contributed by atoms with Gasteiger partial charge in [0.15, 0.2) is 0 Å². The Labute approximate surface area is 161 Å². The van der Waals surface area contributed by atoms with E-state index in [0.717, 1.165) is 11.3 Å². The standard InChI is InChI=1S/C19H19N5O4/c1-3-28-16-7-4-14(5-8-16)11-22(2)19(25)15-6-9-17(18(10-15)24(26)27)23-13-20-12-21-23/h4-10,12-13H,3,11H2,1-2H3. The van der Waals surface area contributed by atoms with Crippen LogP contribution in [0.2, 0.25) is 0 Å². The van der Waals surface area contributed by atoms with Gasteiger partial charge in [-0.2, -0.15) is 5.10 Å². The highest BCUT2D eigenvalue weighted by Gasteiger charge is 2.21. The molecule has 0 spiro atoms. The van der Waals surface area contributed by atoms with Gasteiger partial charge in [-0.25, -0.2) is 9.67 Å². The van der Waals surface area contributed by atoms with Gasteiger partial charge >= 0.3 is 0 Å². The number of carbonyl (C=O) groups excluding carboxylic acids is 1. The van der Waals surface area contributed by atoms with Crippen LogP contribution in [0.3, 0.4) is 0 Å². The van der Waals surface area contributed by atoms with Crippen LogP contribution < -0.4 is 4.74 Å². The fraction of sp³-hybridized carbons (Fsp3) is 0.211. The Morgan fingerprint density at radius 3 is 2.61 bits per heavy atom. The maximum atomic E-state index is 12.7. The third kappa shape index (κ3) is 4.14. The van der Waals surface area contributed by atoms with Crippen molar-refractivity contribution in [2.75, 3.05) is 13.7 Å². The van der Waals surface area contributed by atoms with Gasteiger partial charge in [0.25, 0.3) is 11.6 Å². The number of hydrogen-bond acceptors (Lipinski definition) is 6. The topological polar surface area (TPSA) is 103 Å². The molecule has 0 aliphatic carbocycles. The van der Waals surface area contributed by atoms with Gasteiger partial charge in [0.05, 0.1) is 11.5 Å². The molecule has 9 heteroatoms. The summed E-state index contributed by atoms with van der Waals surface area (Å²) in [5.41, 5.74) is 1.18. The molecule has 0 N–H and O–H groups in total. The number of hydrogen-bond donors (Lipinski definition) is 0. The molecule has 0 saturated heterocycles. The highest BCUT2D eigenvalue weighted by atomic mass is 16.6. The minimum atomic E-state index is -0.541. The summed E-state index contributed by atoms with van der Waals surface area (Å²) in [5, 5.41) is 15.4. The average Bonchev–Trinajstić information content (AvgIpc) is 3.23. The summed E-state index contributed by atoms with van der Waals surface area (Å²) in [4.78, 5) is 28.9. The predicted octanol–water partition coefficient (Wildman–Crippen LogP) is 2.85. The largest absolute Gasteiger partial charge is 0.494 e. The van der Waals surface area contributed by atoms with Crippen LogP contribution >= 0.6 is 0 Å². The van der Waals surface area contributed by atoms with E-state index in [4.69, 9.17) is 4.74 Å². The van der Waals surface area contributed by atoms with E-state index in [1.807, 2.05) is 31.2 Å². The van der Waals surface area contributed by atoms with Crippen molar-refractivity contribution in [1.29, 1.82) is 0 Å². The second-order valence-corrected chi connectivity index (χ2v) is 6.04. The molecular formula is C19H19N5O4. The number of benzene rings is 2. The lowest BCUT2D eigenvalue weighted by Crippen LogP contribution is -2.26. The van der Waals surface area contributed by atoms with Crippen molar-refractivity contribution in [3.8, 4) is 11.4 Å². The molecule has 0 aliphatic heterocycles. The first-order valence-corrected chi connectivity index (χ1v) is 8.60. The third-order valence-corrected chi connectivity index (χ3v) is 4.09. The smallest absolute Gasteiger partial charge is 0.295 e. The zero-order valence-corrected chi connectivity index (χ0v) is 15.5. The van der Waals surface area contributed by atoms with E-state index in [1.54, 1.807) is 13.1 Å². The van der Waals surface area contributed by atoms with Gasteiger partial charge in [0.1, 0.15) is 24.1 Å². The quantitative estimate of drug-likeness (QED) is 0.460. The van der Waals surface area contributed by atoms with Gasteiger partial charge < -0.3 is 9.64 Å². The maximum absolute atomic E-state index is 12.7. The van der Waals surface area contributed by atoms with E-state index < -0.39 is 4.92 Å². The van der Waals surface area contributed by atoms with Crippen LogP contribution in [0.5, 0.6) is 5.75 Å². The van der Waals surface area contributed by atoms with Crippen molar-refractivity contribution < 1.29 is 14.5 Å². The van der Waals surface area contributed by atoms with E-state index in [1.165, 1.54) is 34.4 Å². The van der Waals surface area contributed by atoms with Crippen LogP contribution in [0.25, 0.3) is 5.69 Å². The monoisotopic (exact) mass is 381 g/mol. The van der Waals surface area contributed by atoms with E-state index >= 15 is 0 Å². The van der Waals surface area contributed by atoms with Gasteiger partial charge in [0, 0.05) is 25.2 Å². The van der Waals surface area contributed by atoms with Crippen molar-refractivity contribution in [2.45, 2.75) is 13.5 Å². The van der Waals surface area contributed by atoms with Crippen molar-refractivity contribution in [2.24, 2.45) is 0 Å². The highest BCUT2D eigenvalue weighted by Crippen LogP contribution is 2.24. The normalized spacial score (nSPS) is 10.5. The minimum Gasteiger partial charge on any atom is -0.494 e. The van der Waals surface area contributed by atoms with Crippen LogP contribution in [-0.2, 0) is 6.54 Å². The molecule has 1 heterocycles. The van der Waals surface area contributed by atoms with Crippen molar-refractivity contribution in [1.82, 2.24) is 19.7 Å². The molecule has 28 heavy (non-hydrogen) atoms. The molecule has 2 aromatic carbocycles. The van der Waals surface area contributed by atoms with Crippen LogP contribution in [0, 0.1) is 10.1 Å². The first kappa shape index (κ1) is 19.0. The molecule has 0 aliphatic rings. The fourth-order valence-electron chi connectivity index (χ4n) is 2.75. The Bertz CT molecular complexity index is 970. The lowest BCUT2D eigenvalue weighted by Gasteiger charge is -2.18. The summed E-state index contributed by atoms with van der Waals surface area (Å²) in [6, 6.07) is 11.7. The van der Waals surface area contributed by atoms with Gasteiger partial charge in [0.2, 0.25) is 0 Å². The van der Waals surface area contributed by atoms with E-state index in [2.05, 4.69) is 10.1 Å². The van der Waals surface area contributed by atoms with E-state index in [-0.39, 0.29) is 22.8 Å². The number of nitro groups is 1. The SMILES string of the molecule is CCOc1ccc(CN(C)C(=O)c2ccc(-n3cncn3)c([N+](=O)[O-])c2)cc1. The van der Waals surface area contributed by atoms with Gasteiger partial charge in [-0.05, 0) is 36.8 Å². The zero-order chi connectivity index (χ0) is 20.1. The lowest BCUT2D eigenvalue weighted by molar-refractivity contribution is -0.384. The number of nitro benzene ring substituents is 1. The summed E-state index contributed by atoms with van der Waals surface area (Å²) in [7, 11) is 1.65. The molecule has 3 aromatic rings. The number of carbonyl (C=O) groups is 1. The first-order valence-electron chi connectivity index (χ1n) is 8.60. The molecule has 1 aromatic heterocycles. The zero-order valence-electron chi connectivity index (χ0n) is 15.5. The Morgan fingerprint density at radius 1 is 1.25 bits per heavy atom. The first-order chi connectivity index (χ1) is 13.5. The Kier molecular flexibility index (Phi) is 5.64. The molecule has 0 radical (unpaired) electrons. The van der Waals surface area contributed by atoms with Crippen LogP contribution in [0.1, 0.15) is 22.8 Å². The summed E-state index contributed by atoms with van der Waals surface area (Å²) in [5.74, 6) is 0.446. The van der Waals surface area contributed by atoms with Crippen molar-refractivity contribution in [3.05, 3.63) is 76.4 Å². The predicted molar refractivity (Wildman–Crippen MR) is 101 cm³/mol. The highest BCUT2D eigenvalue weighted by molar-refractivity contribution is 5.95. The molecule has 9 nitrogen and oxygen atoms in total. The van der Waals surface area contributed by atoms with Gasteiger partial charge in [-0.3, -0.25) is 14.9 Å². The number of ether oxygens (including phenoxy) is 1. The second kappa shape index (κ2) is 8.30. The Hall–Kier alpha value is -3.75. The second-order valence-electron chi connectivity index (χ2n) is 6.04. The number of amides is 1. The number of nitrogens with zero attached hydrogens (tertiary/aromatic N) is 5. The van der Waals surface area contributed by atoms with E-state index in [9.17, 15) is 14.9 Å². The third-order valence-electron chi connectivity index (χ3n) is 4.09. The Morgan fingerprint density at radius 2 is 2.00 bits per heavy atom. The average molecular weight is 381 g/mol. The van der Waals surface area contributed by atoms with Crippen LogP contribution in [-0.4, -0.2) is 44.1 Å². The summed E-state index contributed by atoms with van der Waals surface area (Å²) >= 11 is 0. The molecule has 0 fully saturated rings. The lowest BCUT2D eigenvalue weighted by atomic mass is 10.1. The number of rotatable bonds is 7. The maximum Gasteiger partial charge on any atom is 0.295 e. The summed E-state index contributed by atoms with van der Waals surface area (Å²) in [6.45, 7) is 2.86.